The van der Waals surface area contributed by atoms with Crippen molar-refractivity contribution in [3.63, 3.8) is 0 Å². The van der Waals surface area contributed by atoms with E-state index in [1.165, 1.54) is 0 Å². The zero-order chi connectivity index (χ0) is 18.8. The molecule has 25 heavy (non-hydrogen) atoms. The van der Waals surface area contributed by atoms with E-state index in [1.807, 2.05) is 18.2 Å². The van der Waals surface area contributed by atoms with Crippen LogP contribution in [0.1, 0.15) is 12.8 Å². The Hall–Kier alpha value is -3.40. The van der Waals surface area contributed by atoms with Crippen LogP contribution in [0, 0.1) is 0 Å². The van der Waals surface area contributed by atoms with E-state index in [2.05, 4.69) is 15.5 Å². The second kappa shape index (κ2) is 9.67. The lowest BCUT2D eigenvalue weighted by atomic mass is 10.2. The summed E-state index contributed by atoms with van der Waals surface area (Å²) in [4.78, 5) is 41.7. The second-order valence-electron chi connectivity index (χ2n) is 4.76. The van der Waals surface area contributed by atoms with Crippen LogP contribution in [-0.2, 0) is 19.2 Å². The molecule has 0 radical (unpaired) electrons. The lowest BCUT2D eigenvalue weighted by Crippen LogP contribution is -2.30. The van der Waals surface area contributed by atoms with E-state index in [4.69, 9.17) is 15.9 Å². The Morgan fingerprint density at radius 2 is 1.76 bits per heavy atom. The predicted molar refractivity (Wildman–Crippen MR) is 84.7 cm³/mol. The van der Waals surface area contributed by atoms with Gasteiger partial charge in [-0.15, -0.1) is 5.11 Å². The number of carbonyl (C=O) groups excluding carboxylic acids is 2. The van der Waals surface area contributed by atoms with E-state index in [-0.39, 0.29) is 18.5 Å². The Balaban J connectivity index is 0.000000275. The topological polar surface area (TPSA) is 172 Å². The molecule has 10 heteroatoms. The maximum atomic E-state index is 11.1. The number of benzene rings is 1. The van der Waals surface area contributed by atoms with Crippen LogP contribution in [0.25, 0.3) is 0 Å². The highest BCUT2D eigenvalue weighted by atomic mass is 16.4. The second-order valence-corrected chi connectivity index (χ2v) is 4.76. The molecule has 1 heterocycles. The van der Waals surface area contributed by atoms with E-state index in [1.54, 1.807) is 12.1 Å². The van der Waals surface area contributed by atoms with Crippen molar-refractivity contribution < 1.29 is 29.4 Å². The van der Waals surface area contributed by atoms with Crippen LogP contribution in [0.4, 0.5) is 5.69 Å². The minimum atomic E-state index is -1.17. The molecule has 1 aliphatic rings. The summed E-state index contributed by atoms with van der Waals surface area (Å²) < 4.78 is 0. The lowest BCUT2D eigenvalue weighted by Gasteiger charge is -2.01. The number of rotatable bonds is 6. The Labute approximate surface area is 142 Å². The summed E-state index contributed by atoms with van der Waals surface area (Å²) in [6, 6.07) is 7.91. The molecule has 0 fully saturated rings. The van der Waals surface area contributed by atoms with Crippen molar-refractivity contribution in [1.82, 2.24) is 5.32 Å². The zero-order valence-electron chi connectivity index (χ0n) is 13.0. The molecule has 1 aliphatic heterocycles. The molecule has 0 aromatic heterocycles. The molecule has 0 unspecified atom stereocenters. The lowest BCUT2D eigenvalue weighted by molar-refractivity contribution is -0.140. The highest BCUT2D eigenvalue weighted by molar-refractivity contribution is 6.15. The molecule has 0 saturated heterocycles. The van der Waals surface area contributed by atoms with Gasteiger partial charge in [-0.05, 0) is 18.6 Å². The number of amides is 2. The number of hydrogen-bond donors (Lipinski definition) is 4. The summed E-state index contributed by atoms with van der Waals surface area (Å²) in [7, 11) is 0. The van der Waals surface area contributed by atoms with Gasteiger partial charge in [0.05, 0.1) is 5.69 Å². The van der Waals surface area contributed by atoms with Crippen LogP contribution >= 0.6 is 0 Å². The molecular formula is C15H16N4O6. The summed E-state index contributed by atoms with van der Waals surface area (Å²) in [5.74, 6) is -3.17. The highest BCUT2D eigenvalue weighted by Gasteiger charge is 2.20. The van der Waals surface area contributed by atoms with Crippen LogP contribution in [-0.4, -0.2) is 40.0 Å². The highest BCUT2D eigenvalue weighted by Crippen LogP contribution is 2.13. The average molecular weight is 348 g/mol. The minimum absolute atomic E-state index is 0.0231. The number of nitrogens with one attached hydrogen (secondary N) is 1. The Morgan fingerprint density at radius 3 is 2.24 bits per heavy atom. The number of imide groups is 1. The van der Waals surface area contributed by atoms with Gasteiger partial charge < -0.3 is 15.9 Å². The molecule has 132 valence electrons. The molecule has 2 amide bonds. The van der Waals surface area contributed by atoms with Crippen molar-refractivity contribution in [3.8, 4) is 0 Å². The van der Waals surface area contributed by atoms with E-state index >= 15 is 0 Å². The van der Waals surface area contributed by atoms with Gasteiger partial charge in [-0.25, -0.2) is 0 Å². The summed E-state index contributed by atoms with van der Waals surface area (Å²) >= 11 is 0. The van der Waals surface area contributed by atoms with Crippen molar-refractivity contribution >= 4 is 29.4 Å². The Bertz CT molecular complexity index is 714. The molecule has 0 aliphatic carbocycles. The standard InChI is InChI=1S/C10H7N3O2.C5H9NO4/c14-9-6-8(10(15)11-9)13-12-7-4-2-1-3-5-7;6-3(5(9)10)1-2-4(7)8/h1-6H,(H,11,14,15);3H,1-2,6H2,(H,7,8)(H,9,10)/t;3-/m.0/s1. The fourth-order valence-electron chi connectivity index (χ4n) is 1.48. The molecule has 0 spiro atoms. The van der Waals surface area contributed by atoms with Crippen LogP contribution in [0.2, 0.25) is 0 Å². The number of nitrogens with two attached hydrogens (primary N) is 1. The van der Waals surface area contributed by atoms with E-state index in [0.29, 0.717) is 5.69 Å². The first-order valence-electron chi connectivity index (χ1n) is 7.03. The van der Waals surface area contributed by atoms with E-state index in [9.17, 15) is 19.2 Å². The summed E-state index contributed by atoms with van der Waals surface area (Å²) in [6.45, 7) is 0. The van der Waals surface area contributed by atoms with Crippen LogP contribution < -0.4 is 11.1 Å². The SMILES string of the molecule is N[C@@H](CCC(=O)O)C(=O)O.O=C1C=C(N=Nc2ccccc2)C(=O)N1. The van der Waals surface area contributed by atoms with E-state index in [0.717, 1.165) is 6.08 Å². The molecule has 0 bridgehead atoms. The number of hydrogen-bond acceptors (Lipinski definition) is 7. The first-order chi connectivity index (χ1) is 11.8. The Kier molecular flexibility index (Phi) is 7.60. The third kappa shape index (κ3) is 7.61. The number of carboxylic acid groups (broad SMARTS) is 2. The van der Waals surface area contributed by atoms with Gasteiger partial charge in [-0.2, -0.15) is 5.11 Å². The number of nitrogens with zero attached hydrogens (tertiary/aromatic N) is 2. The summed E-state index contributed by atoms with van der Waals surface area (Å²) in [5.41, 5.74) is 5.66. The van der Waals surface area contributed by atoms with Gasteiger partial charge in [0.1, 0.15) is 6.04 Å². The monoisotopic (exact) mass is 348 g/mol. The fraction of sp³-hybridized carbons (Fsp3) is 0.200. The number of azo groups is 1. The number of aliphatic carboxylic acids is 2. The molecule has 5 N–H and O–H groups in total. The van der Waals surface area contributed by atoms with Gasteiger partial charge in [-0.3, -0.25) is 24.5 Å². The molecular weight excluding hydrogens is 332 g/mol. The zero-order valence-corrected chi connectivity index (χ0v) is 13.0. The molecule has 1 aromatic rings. The first-order valence-corrected chi connectivity index (χ1v) is 7.03. The fourth-order valence-corrected chi connectivity index (χ4v) is 1.48. The van der Waals surface area contributed by atoms with Crippen molar-refractivity contribution in [1.29, 1.82) is 0 Å². The normalized spacial score (nSPS) is 14.4. The molecule has 10 nitrogen and oxygen atoms in total. The quantitative estimate of drug-likeness (QED) is 0.430. The van der Waals surface area contributed by atoms with Crippen molar-refractivity contribution in [3.05, 3.63) is 42.1 Å². The van der Waals surface area contributed by atoms with Crippen molar-refractivity contribution in [2.24, 2.45) is 16.0 Å². The molecule has 0 saturated carbocycles. The maximum absolute atomic E-state index is 11.1. The maximum Gasteiger partial charge on any atom is 0.320 e. The minimum Gasteiger partial charge on any atom is -0.481 e. The third-order valence-corrected chi connectivity index (χ3v) is 2.75. The van der Waals surface area contributed by atoms with Gasteiger partial charge in [-0.1, -0.05) is 18.2 Å². The van der Waals surface area contributed by atoms with Gasteiger partial charge in [0.2, 0.25) is 0 Å². The largest absolute Gasteiger partial charge is 0.481 e. The number of carbonyl (C=O) groups is 4. The van der Waals surface area contributed by atoms with Gasteiger partial charge in [0, 0.05) is 12.5 Å². The molecule has 2 rings (SSSR count). The van der Waals surface area contributed by atoms with Crippen LogP contribution in [0.15, 0.2) is 52.3 Å². The smallest absolute Gasteiger partial charge is 0.320 e. The predicted octanol–water partition coefficient (Wildman–Crippen LogP) is 0.574. The van der Waals surface area contributed by atoms with Crippen molar-refractivity contribution in [2.75, 3.05) is 0 Å². The van der Waals surface area contributed by atoms with Crippen LogP contribution in [0.3, 0.4) is 0 Å². The van der Waals surface area contributed by atoms with Gasteiger partial charge >= 0.3 is 11.9 Å². The summed E-state index contributed by atoms with van der Waals surface area (Å²) in [6.07, 6.45) is 0.896. The Morgan fingerprint density at radius 1 is 1.12 bits per heavy atom. The van der Waals surface area contributed by atoms with Crippen molar-refractivity contribution in [2.45, 2.75) is 18.9 Å². The first kappa shape index (κ1) is 19.6. The molecule has 1 atom stereocenters. The van der Waals surface area contributed by atoms with Crippen LogP contribution in [0.5, 0.6) is 0 Å². The third-order valence-electron chi connectivity index (χ3n) is 2.75. The number of carboxylic acids is 2. The summed E-state index contributed by atoms with van der Waals surface area (Å²) in [5, 5.41) is 25.8. The van der Waals surface area contributed by atoms with Gasteiger partial charge in [0.25, 0.3) is 11.8 Å². The average Bonchev–Trinajstić information content (AvgIpc) is 2.89. The van der Waals surface area contributed by atoms with E-state index < -0.39 is 29.8 Å². The van der Waals surface area contributed by atoms with Gasteiger partial charge in [0.15, 0.2) is 5.70 Å². The molecule has 1 aromatic carbocycles.